The summed E-state index contributed by atoms with van der Waals surface area (Å²) < 4.78 is 17.7. The minimum atomic E-state index is -1.03. The number of nitrogens with one attached hydrogen (secondary N) is 1. The van der Waals surface area contributed by atoms with Gasteiger partial charge in [-0.1, -0.05) is 25.0 Å². The van der Waals surface area contributed by atoms with E-state index in [0.29, 0.717) is 24.6 Å². The molecule has 0 spiro atoms. The summed E-state index contributed by atoms with van der Waals surface area (Å²) in [7, 11) is 0. The Kier molecular flexibility index (Phi) is 7.80. The number of hydrogen-bond donors (Lipinski definition) is 2. The molecule has 2 rings (SSSR count). The van der Waals surface area contributed by atoms with E-state index < -0.39 is 29.0 Å². The van der Waals surface area contributed by atoms with Gasteiger partial charge in [-0.25, -0.2) is 4.79 Å². The highest BCUT2D eigenvalue weighted by atomic mass is 32.2. The van der Waals surface area contributed by atoms with Gasteiger partial charge < -0.3 is 19.7 Å². The van der Waals surface area contributed by atoms with E-state index in [2.05, 4.69) is 5.32 Å². The lowest BCUT2D eigenvalue weighted by Crippen LogP contribution is -2.33. The van der Waals surface area contributed by atoms with Crippen molar-refractivity contribution in [3.63, 3.8) is 0 Å². The normalized spacial score (nSPS) is 17.7. The van der Waals surface area contributed by atoms with Crippen LogP contribution < -0.4 is 5.32 Å². The first-order chi connectivity index (χ1) is 12.2. The second kappa shape index (κ2) is 9.62. The van der Waals surface area contributed by atoms with Crippen LogP contribution in [0.25, 0.3) is 0 Å². The molecule has 0 bridgehead atoms. The minimum Gasteiger partial charge on any atom is -0.611 e. The van der Waals surface area contributed by atoms with Crippen LogP contribution in [0.1, 0.15) is 64.5 Å². The number of carbonyl (C=O) groups excluding carboxylic acids is 1. The summed E-state index contributed by atoms with van der Waals surface area (Å²) in [6, 6.07) is 7.35. The maximum Gasteiger partial charge on any atom is 0.407 e. The molecule has 1 amide bonds. The van der Waals surface area contributed by atoms with Crippen molar-refractivity contribution in [3.8, 4) is 0 Å². The molecule has 1 aliphatic rings. The molecule has 2 N–H and O–H groups in total. The van der Waals surface area contributed by atoms with Crippen molar-refractivity contribution in [2.24, 2.45) is 5.92 Å². The molecule has 1 saturated carbocycles. The molecule has 146 valence electrons. The van der Waals surface area contributed by atoms with Gasteiger partial charge in [0.15, 0.2) is 4.90 Å². The molecule has 0 heterocycles. The molecule has 2 atom stereocenters. The molecule has 1 aromatic rings. The monoisotopic (exact) mass is 381 g/mol. The summed E-state index contributed by atoms with van der Waals surface area (Å²) in [6.07, 6.45) is 3.99. The topological polar surface area (TPSA) is 81.6 Å². The summed E-state index contributed by atoms with van der Waals surface area (Å²) in [4.78, 5) is 12.4. The van der Waals surface area contributed by atoms with Gasteiger partial charge in [0, 0.05) is 12.5 Å². The quantitative estimate of drug-likeness (QED) is 0.701. The number of ether oxygens (including phenoxy) is 1. The Balaban J connectivity index is 1.83. The van der Waals surface area contributed by atoms with Gasteiger partial charge >= 0.3 is 6.09 Å². The summed E-state index contributed by atoms with van der Waals surface area (Å²) in [5.41, 5.74) is 0.189. The Morgan fingerprint density at radius 1 is 1.38 bits per heavy atom. The van der Waals surface area contributed by atoms with Crippen LogP contribution in [0.3, 0.4) is 0 Å². The van der Waals surface area contributed by atoms with E-state index in [1.807, 2.05) is 24.3 Å². The maximum absolute atomic E-state index is 12.6. The van der Waals surface area contributed by atoms with Gasteiger partial charge in [-0.05, 0) is 68.9 Å². The summed E-state index contributed by atoms with van der Waals surface area (Å²) in [5, 5.41) is 13.0. The smallest absolute Gasteiger partial charge is 0.407 e. The fraction of sp³-hybridized carbons (Fsp3) is 0.650. The van der Waals surface area contributed by atoms with Crippen molar-refractivity contribution in [2.75, 3.05) is 12.3 Å². The first-order valence-corrected chi connectivity index (χ1v) is 10.7. The van der Waals surface area contributed by atoms with Crippen molar-refractivity contribution >= 4 is 17.3 Å². The molecule has 5 nitrogen and oxygen atoms in total. The average molecular weight is 382 g/mol. The fourth-order valence-corrected chi connectivity index (χ4v) is 4.59. The molecular weight excluding hydrogens is 350 g/mol. The van der Waals surface area contributed by atoms with Gasteiger partial charge in [-0.3, -0.25) is 0 Å². The Hall–Kier alpha value is -1.24. The van der Waals surface area contributed by atoms with Gasteiger partial charge in [0.05, 0.1) is 6.10 Å². The van der Waals surface area contributed by atoms with Crippen molar-refractivity contribution in [3.05, 3.63) is 29.8 Å². The highest BCUT2D eigenvalue weighted by Crippen LogP contribution is 2.29. The van der Waals surface area contributed by atoms with Gasteiger partial charge in [0.1, 0.15) is 11.4 Å². The van der Waals surface area contributed by atoms with Gasteiger partial charge in [-0.15, -0.1) is 0 Å². The van der Waals surface area contributed by atoms with Gasteiger partial charge in [0.25, 0.3) is 0 Å². The predicted octanol–water partition coefficient (Wildman–Crippen LogP) is 3.93. The number of amides is 1. The zero-order valence-corrected chi connectivity index (χ0v) is 16.8. The number of carbonyl (C=O) groups is 1. The van der Waals surface area contributed by atoms with Crippen molar-refractivity contribution < 1.29 is 19.2 Å². The minimum absolute atomic E-state index is 0.311. The third kappa shape index (κ3) is 7.17. The van der Waals surface area contributed by atoms with Crippen LogP contribution in [0, 0.1) is 5.92 Å². The van der Waals surface area contributed by atoms with E-state index in [0.717, 1.165) is 10.5 Å². The molecular formula is C20H31NO4S. The summed E-state index contributed by atoms with van der Waals surface area (Å²) in [5.74, 6) is 1.27. The lowest BCUT2D eigenvalue weighted by atomic mass is 10.1. The maximum atomic E-state index is 12.6. The number of aliphatic hydroxyl groups excluding tert-OH is 1. The van der Waals surface area contributed by atoms with Crippen LogP contribution in [0.15, 0.2) is 29.2 Å². The summed E-state index contributed by atoms with van der Waals surface area (Å²) in [6.45, 7) is 5.72. The molecule has 1 aromatic carbocycles. The first-order valence-electron chi connectivity index (χ1n) is 9.38. The summed E-state index contributed by atoms with van der Waals surface area (Å²) >= 11 is -1.03. The lowest BCUT2D eigenvalue weighted by Gasteiger charge is -2.20. The van der Waals surface area contributed by atoms with Gasteiger partial charge in [0.2, 0.25) is 0 Å². The highest BCUT2D eigenvalue weighted by molar-refractivity contribution is 7.91. The molecule has 0 aliphatic heterocycles. The third-order valence-corrected chi connectivity index (χ3v) is 6.01. The molecule has 1 aliphatic carbocycles. The third-order valence-electron chi connectivity index (χ3n) is 4.45. The standard InChI is InChI=1S/C20H31NO4S/c1-20(2,3)25-19(23)21-12-11-18(22)16-9-6-10-17(13-16)26(24)14-15-7-4-5-8-15/h6,9-10,13,15,18,22H,4-5,7-8,11-12,14H2,1-3H3,(H,21,23). The Bertz CT molecular complexity index is 581. The van der Waals surface area contributed by atoms with Crippen LogP contribution in [-0.4, -0.2) is 33.7 Å². The van der Waals surface area contributed by atoms with Crippen LogP contribution in [-0.2, 0) is 15.9 Å². The molecule has 0 radical (unpaired) electrons. The average Bonchev–Trinajstić information content (AvgIpc) is 3.06. The van der Waals surface area contributed by atoms with E-state index in [1.165, 1.54) is 25.7 Å². The van der Waals surface area contributed by atoms with E-state index in [4.69, 9.17) is 4.74 Å². The lowest BCUT2D eigenvalue weighted by molar-refractivity contribution is 0.0518. The SMILES string of the molecule is CC(C)(C)OC(=O)NCCC(O)c1cccc([S+]([O-])CC2CCCC2)c1. The highest BCUT2D eigenvalue weighted by Gasteiger charge is 2.23. The molecule has 26 heavy (non-hydrogen) atoms. The number of benzene rings is 1. The van der Waals surface area contributed by atoms with Crippen LogP contribution in [0.2, 0.25) is 0 Å². The van der Waals surface area contributed by atoms with Gasteiger partial charge in [-0.2, -0.15) is 0 Å². The van der Waals surface area contributed by atoms with Crippen molar-refractivity contribution in [1.29, 1.82) is 0 Å². The second-order valence-corrected chi connectivity index (χ2v) is 9.46. The Morgan fingerprint density at radius 2 is 2.08 bits per heavy atom. The van der Waals surface area contributed by atoms with E-state index in [9.17, 15) is 14.5 Å². The molecule has 1 fully saturated rings. The number of rotatable bonds is 7. The predicted molar refractivity (Wildman–Crippen MR) is 103 cm³/mol. The molecule has 0 saturated heterocycles. The Labute approximate surface area is 159 Å². The molecule has 2 unspecified atom stereocenters. The molecule has 6 heteroatoms. The van der Waals surface area contributed by atoms with Crippen molar-refractivity contribution in [1.82, 2.24) is 5.32 Å². The van der Waals surface area contributed by atoms with Crippen LogP contribution in [0.5, 0.6) is 0 Å². The zero-order valence-electron chi connectivity index (χ0n) is 16.0. The first kappa shape index (κ1) is 21.1. The number of aliphatic hydroxyl groups is 1. The second-order valence-electron chi connectivity index (χ2n) is 7.97. The van der Waals surface area contributed by atoms with E-state index >= 15 is 0 Å². The van der Waals surface area contributed by atoms with E-state index in [1.54, 1.807) is 20.8 Å². The zero-order chi connectivity index (χ0) is 19.2. The number of alkyl carbamates (subject to hydrolysis) is 1. The fourth-order valence-electron chi connectivity index (χ4n) is 3.14. The van der Waals surface area contributed by atoms with Crippen molar-refractivity contribution in [2.45, 2.75) is 69.5 Å². The molecule has 0 aromatic heterocycles. The Morgan fingerprint density at radius 3 is 2.73 bits per heavy atom. The number of hydrogen-bond acceptors (Lipinski definition) is 4. The largest absolute Gasteiger partial charge is 0.611 e. The van der Waals surface area contributed by atoms with Crippen LogP contribution >= 0.6 is 0 Å². The van der Waals surface area contributed by atoms with E-state index in [-0.39, 0.29) is 0 Å². The van der Waals surface area contributed by atoms with Crippen LogP contribution in [0.4, 0.5) is 4.79 Å².